The minimum absolute atomic E-state index is 0.0981. The second-order valence-electron chi connectivity index (χ2n) is 14.0. The summed E-state index contributed by atoms with van der Waals surface area (Å²) < 4.78 is 10.6. The van der Waals surface area contributed by atoms with E-state index in [1.807, 2.05) is 0 Å². The number of aliphatic hydroxyl groups excluding tert-OH is 1. The van der Waals surface area contributed by atoms with Crippen LogP contribution in [0.25, 0.3) is 0 Å². The van der Waals surface area contributed by atoms with Crippen LogP contribution in [0.4, 0.5) is 0 Å². The van der Waals surface area contributed by atoms with Crippen molar-refractivity contribution in [3.8, 4) is 0 Å². The molecule has 0 aromatic heterocycles. The number of rotatable bonds is 38. The molecule has 0 aromatic carbocycles. The highest BCUT2D eigenvalue weighted by molar-refractivity contribution is 5.70. The zero-order valence-electron chi connectivity index (χ0n) is 33.8. The van der Waals surface area contributed by atoms with Crippen molar-refractivity contribution in [3.63, 3.8) is 0 Å². The molecule has 0 aromatic rings. The van der Waals surface area contributed by atoms with Gasteiger partial charge in [-0.25, -0.2) is 0 Å². The van der Waals surface area contributed by atoms with E-state index in [0.717, 1.165) is 57.8 Å². The molecule has 0 saturated heterocycles. The largest absolute Gasteiger partial charge is 0.462 e. The molecule has 0 bridgehead atoms. The lowest BCUT2D eigenvalue weighted by Gasteiger charge is -2.15. The molecule has 0 amide bonds. The van der Waals surface area contributed by atoms with E-state index in [1.165, 1.54) is 103 Å². The van der Waals surface area contributed by atoms with Crippen LogP contribution in [0.1, 0.15) is 194 Å². The highest BCUT2D eigenvalue weighted by Crippen LogP contribution is 2.14. The molecule has 5 heteroatoms. The maximum absolute atomic E-state index is 12.2. The highest BCUT2D eigenvalue weighted by Gasteiger charge is 2.16. The smallest absolute Gasteiger partial charge is 0.306 e. The van der Waals surface area contributed by atoms with Gasteiger partial charge >= 0.3 is 11.9 Å². The Bertz CT molecular complexity index is 957. The van der Waals surface area contributed by atoms with Crippen molar-refractivity contribution in [2.75, 3.05) is 13.2 Å². The highest BCUT2D eigenvalue weighted by atomic mass is 16.6. The number of ether oxygens (including phenoxy) is 2. The van der Waals surface area contributed by atoms with E-state index in [0.29, 0.717) is 19.3 Å². The molecule has 0 unspecified atom stereocenters. The summed E-state index contributed by atoms with van der Waals surface area (Å²) in [7, 11) is 0. The van der Waals surface area contributed by atoms with Gasteiger partial charge in [0.2, 0.25) is 0 Å². The van der Waals surface area contributed by atoms with Crippen LogP contribution in [0, 0.1) is 0 Å². The molecule has 0 saturated carbocycles. The number of hydrogen-bond donors (Lipinski definition) is 1. The number of allylic oxidation sites excluding steroid dienone is 12. The van der Waals surface area contributed by atoms with Gasteiger partial charge in [-0.15, -0.1) is 0 Å². The Labute approximate surface area is 321 Å². The first-order valence-electron chi connectivity index (χ1n) is 21.5. The lowest BCUT2D eigenvalue weighted by Crippen LogP contribution is -2.28. The summed E-state index contributed by atoms with van der Waals surface area (Å²) in [6.45, 7) is 3.97. The fraction of sp³-hybridized carbons (Fsp3) is 0.702. The van der Waals surface area contributed by atoms with Gasteiger partial charge in [0, 0.05) is 12.8 Å². The van der Waals surface area contributed by atoms with Crippen LogP contribution in [0.5, 0.6) is 0 Å². The van der Waals surface area contributed by atoms with Crippen LogP contribution < -0.4 is 0 Å². The van der Waals surface area contributed by atoms with E-state index in [9.17, 15) is 14.7 Å². The summed E-state index contributed by atoms with van der Waals surface area (Å²) in [6.07, 6.45) is 56.9. The summed E-state index contributed by atoms with van der Waals surface area (Å²) in [5, 5.41) is 9.57. The van der Waals surface area contributed by atoms with Crippen molar-refractivity contribution in [1.29, 1.82) is 0 Å². The topological polar surface area (TPSA) is 72.8 Å². The number of aliphatic hydroxyl groups is 1. The fourth-order valence-electron chi connectivity index (χ4n) is 5.76. The zero-order valence-corrected chi connectivity index (χ0v) is 33.8. The molecule has 0 heterocycles. The van der Waals surface area contributed by atoms with Gasteiger partial charge in [-0.3, -0.25) is 9.59 Å². The standard InChI is InChI=1S/C47H80O5/c1-3-5-7-9-11-13-15-17-19-21-22-23-24-26-28-30-32-34-36-38-40-42-47(50)52-45(43-48)44-51-46(49)41-39-37-35-33-31-29-27-25-20-18-16-14-12-10-8-6-4-2/h6,8,12,14,17-20,27,29,33,35,45,48H,3-5,7,9-11,13,15-16,21-26,28,30-32,34,36-44H2,1-2H3/b8-6+,14-12+,19-17+,20-18+,29-27+,35-33+/t45-/m0/s1. The van der Waals surface area contributed by atoms with E-state index < -0.39 is 6.10 Å². The van der Waals surface area contributed by atoms with E-state index in [-0.39, 0.29) is 25.2 Å². The molecule has 0 fully saturated rings. The van der Waals surface area contributed by atoms with Gasteiger partial charge < -0.3 is 14.6 Å². The van der Waals surface area contributed by atoms with Crippen LogP contribution in [-0.4, -0.2) is 36.4 Å². The van der Waals surface area contributed by atoms with Gasteiger partial charge in [0.1, 0.15) is 6.61 Å². The average molecular weight is 725 g/mol. The molecule has 298 valence electrons. The predicted molar refractivity (Wildman–Crippen MR) is 223 cm³/mol. The van der Waals surface area contributed by atoms with Crippen LogP contribution in [0.3, 0.4) is 0 Å². The van der Waals surface area contributed by atoms with Crippen LogP contribution >= 0.6 is 0 Å². The summed E-state index contributed by atoms with van der Waals surface area (Å²) >= 11 is 0. The summed E-state index contributed by atoms with van der Waals surface area (Å²) in [4.78, 5) is 24.3. The van der Waals surface area contributed by atoms with E-state index in [4.69, 9.17) is 9.47 Å². The average Bonchev–Trinajstić information content (AvgIpc) is 3.15. The fourth-order valence-corrected chi connectivity index (χ4v) is 5.76. The van der Waals surface area contributed by atoms with Gasteiger partial charge in [-0.2, -0.15) is 0 Å². The molecule has 5 nitrogen and oxygen atoms in total. The molecule has 1 atom stereocenters. The first kappa shape index (κ1) is 49.3. The van der Waals surface area contributed by atoms with Crippen LogP contribution in [-0.2, 0) is 19.1 Å². The number of unbranched alkanes of at least 4 members (excludes halogenated alkanes) is 18. The van der Waals surface area contributed by atoms with Crippen LogP contribution in [0.15, 0.2) is 72.9 Å². The van der Waals surface area contributed by atoms with Crippen molar-refractivity contribution < 1.29 is 24.2 Å². The molecule has 0 aliphatic carbocycles. The molecule has 0 aliphatic rings. The Balaban J connectivity index is 3.62. The Morgan fingerprint density at radius 3 is 1.33 bits per heavy atom. The maximum Gasteiger partial charge on any atom is 0.306 e. The van der Waals surface area contributed by atoms with Gasteiger partial charge in [0.15, 0.2) is 6.10 Å². The molecular weight excluding hydrogens is 645 g/mol. The second-order valence-corrected chi connectivity index (χ2v) is 14.0. The van der Waals surface area contributed by atoms with Gasteiger partial charge in [-0.1, -0.05) is 177 Å². The van der Waals surface area contributed by atoms with E-state index in [2.05, 4.69) is 86.8 Å². The first-order valence-corrected chi connectivity index (χ1v) is 21.5. The van der Waals surface area contributed by atoms with Crippen molar-refractivity contribution in [3.05, 3.63) is 72.9 Å². The number of esters is 2. The first-order chi connectivity index (χ1) is 25.6. The lowest BCUT2D eigenvalue weighted by molar-refractivity contribution is -0.161. The molecule has 52 heavy (non-hydrogen) atoms. The monoisotopic (exact) mass is 725 g/mol. The van der Waals surface area contributed by atoms with Crippen molar-refractivity contribution in [2.24, 2.45) is 0 Å². The Morgan fingerprint density at radius 2 is 0.846 bits per heavy atom. The zero-order chi connectivity index (χ0) is 37.8. The summed E-state index contributed by atoms with van der Waals surface area (Å²) in [5.41, 5.74) is 0. The molecule has 0 radical (unpaired) electrons. The molecule has 0 spiro atoms. The number of carbonyl (C=O) groups excluding carboxylic acids is 2. The number of carbonyl (C=O) groups is 2. The molecule has 0 rings (SSSR count). The molecule has 0 aliphatic heterocycles. The van der Waals surface area contributed by atoms with Gasteiger partial charge in [-0.05, 0) is 77.0 Å². The van der Waals surface area contributed by atoms with Gasteiger partial charge in [0.25, 0.3) is 0 Å². The maximum atomic E-state index is 12.2. The molecular formula is C47H80O5. The van der Waals surface area contributed by atoms with Gasteiger partial charge in [0.05, 0.1) is 6.61 Å². The third-order valence-corrected chi connectivity index (χ3v) is 8.98. The Morgan fingerprint density at radius 1 is 0.462 bits per heavy atom. The number of hydrogen-bond acceptors (Lipinski definition) is 5. The summed E-state index contributed by atoms with van der Waals surface area (Å²) in [5.74, 6) is -0.662. The Kier molecular flexibility index (Phi) is 40.6. The normalized spacial score (nSPS) is 12.9. The van der Waals surface area contributed by atoms with E-state index >= 15 is 0 Å². The Hall–Kier alpha value is -2.66. The van der Waals surface area contributed by atoms with E-state index in [1.54, 1.807) is 0 Å². The summed E-state index contributed by atoms with van der Waals surface area (Å²) in [6, 6.07) is 0. The predicted octanol–water partition coefficient (Wildman–Crippen LogP) is 13.7. The SMILES string of the molecule is CC/C=C/C/C=C/C/C=C/C/C=C/C/C=C/CCCC(=O)OC[C@H](CO)OC(=O)CCCCCCCCCCCCC/C=C/CCCCCCCC. The van der Waals surface area contributed by atoms with Crippen LogP contribution in [0.2, 0.25) is 0 Å². The second kappa shape index (κ2) is 42.8. The van der Waals surface area contributed by atoms with Crippen molar-refractivity contribution >= 4 is 11.9 Å². The molecule has 1 N–H and O–H groups in total. The minimum Gasteiger partial charge on any atom is -0.462 e. The van der Waals surface area contributed by atoms with Crippen molar-refractivity contribution in [1.82, 2.24) is 0 Å². The lowest BCUT2D eigenvalue weighted by atomic mass is 10.0. The third-order valence-electron chi connectivity index (χ3n) is 8.98. The third kappa shape index (κ3) is 40.1. The minimum atomic E-state index is -0.797. The quantitative estimate of drug-likeness (QED) is 0.0390. The van der Waals surface area contributed by atoms with Crippen molar-refractivity contribution in [2.45, 2.75) is 200 Å².